The van der Waals surface area contributed by atoms with Crippen molar-refractivity contribution in [2.75, 3.05) is 4.72 Å². The van der Waals surface area contributed by atoms with Crippen molar-refractivity contribution in [3.05, 3.63) is 29.3 Å². The second-order valence-corrected chi connectivity index (χ2v) is 2.90. The van der Waals surface area contributed by atoms with Gasteiger partial charge < -0.3 is 9.27 Å². The lowest BCUT2D eigenvalue weighted by Gasteiger charge is -2.08. The molecule has 1 aromatic carbocycles. The maximum atomic E-state index is 10.2. The van der Waals surface area contributed by atoms with E-state index in [-0.39, 0.29) is 0 Å². The smallest absolute Gasteiger partial charge is 0.0646 e. The Morgan fingerprint density at radius 3 is 2.64 bits per heavy atom. The molecule has 1 rings (SSSR count). The van der Waals surface area contributed by atoms with Crippen LogP contribution in [0.5, 0.6) is 0 Å². The molecule has 60 valence electrons. The van der Waals surface area contributed by atoms with Crippen LogP contribution in [0.15, 0.2) is 24.3 Å². The fourth-order valence-corrected chi connectivity index (χ4v) is 1.23. The van der Waals surface area contributed by atoms with Crippen LogP contribution in [0.25, 0.3) is 0 Å². The topological polar surface area (TPSA) is 52.2 Å². The number of hydrogen-bond donors (Lipinski definition) is 1. The second kappa shape index (κ2) is 3.71. The Kier molecular flexibility index (Phi) is 2.87. The molecule has 0 saturated carbocycles. The lowest BCUT2D eigenvalue weighted by atomic mass is 10.3. The SMILES string of the molecule is O=S([O-])Nc1ccccc1Cl. The molecule has 0 spiro atoms. The molecule has 5 heteroatoms. The molecule has 0 radical (unpaired) electrons. The Morgan fingerprint density at radius 1 is 1.45 bits per heavy atom. The Labute approximate surface area is 71.8 Å². The minimum Gasteiger partial charge on any atom is -0.755 e. The number of hydrogen-bond acceptors (Lipinski definition) is 2. The van der Waals surface area contributed by atoms with Crippen molar-refractivity contribution in [2.24, 2.45) is 0 Å². The molecule has 0 bridgehead atoms. The van der Waals surface area contributed by atoms with Crippen molar-refractivity contribution in [2.45, 2.75) is 0 Å². The van der Waals surface area contributed by atoms with E-state index in [9.17, 15) is 8.76 Å². The molecule has 0 fully saturated rings. The van der Waals surface area contributed by atoms with Gasteiger partial charge in [-0.2, -0.15) is 0 Å². The van der Waals surface area contributed by atoms with Crippen LogP contribution in [-0.2, 0) is 11.3 Å². The van der Waals surface area contributed by atoms with Gasteiger partial charge in [-0.3, -0.25) is 4.21 Å². The monoisotopic (exact) mass is 190 g/mol. The summed E-state index contributed by atoms with van der Waals surface area (Å²) in [5.41, 5.74) is 0.391. The van der Waals surface area contributed by atoms with Crippen molar-refractivity contribution in [3.63, 3.8) is 0 Å². The van der Waals surface area contributed by atoms with Gasteiger partial charge in [0.2, 0.25) is 0 Å². The molecule has 11 heavy (non-hydrogen) atoms. The van der Waals surface area contributed by atoms with Gasteiger partial charge in [0, 0.05) is 11.3 Å². The Morgan fingerprint density at radius 2 is 2.09 bits per heavy atom. The molecule has 1 unspecified atom stereocenters. The molecule has 0 aliphatic heterocycles. The summed E-state index contributed by atoms with van der Waals surface area (Å²) in [6.07, 6.45) is 0. The largest absolute Gasteiger partial charge is 0.755 e. The number of para-hydroxylation sites is 1. The average Bonchev–Trinajstić information content (AvgIpc) is 1.93. The van der Waals surface area contributed by atoms with Crippen LogP contribution in [0, 0.1) is 0 Å². The highest BCUT2D eigenvalue weighted by Crippen LogP contribution is 2.20. The van der Waals surface area contributed by atoms with E-state index in [4.69, 9.17) is 11.6 Å². The summed E-state index contributed by atoms with van der Waals surface area (Å²) in [4.78, 5) is 0. The van der Waals surface area contributed by atoms with Gasteiger partial charge in [-0.25, -0.2) is 0 Å². The van der Waals surface area contributed by atoms with Gasteiger partial charge in [-0.1, -0.05) is 23.7 Å². The third-order valence-electron chi connectivity index (χ3n) is 1.07. The molecular weight excluding hydrogens is 186 g/mol. The first kappa shape index (κ1) is 8.52. The minimum absolute atomic E-state index is 0.386. The molecule has 0 aliphatic rings. The maximum absolute atomic E-state index is 10.2. The van der Waals surface area contributed by atoms with Gasteiger partial charge >= 0.3 is 0 Å². The summed E-state index contributed by atoms with van der Waals surface area (Å²) in [6, 6.07) is 6.61. The van der Waals surface area contributed by atoms with E-state index in [1.807, 2.05) is 0 Å². The van der Waals surface area contributed by atoms with Crippen molar-refractivity contribution >= 4 is 28.6 Å². The third kappa shape index (κ3) is 2.49. The summed E-state index contributed by atoms with van der Waals surface area (Å²) in [7, 11) is 0. The Hall–Kier alpha value is -0.580. The Balaban J connectivity index is 2.86. The highest BCUT2D eigenvalue weighted by atomic mass is 35.5. The van der Waals surface area contributed by atoms with E-state index in [1.165, 1.54) is 0 Å². The Bertz CT molecular complexity index is 279. The number of anilines is 1. The fraction of sp³-hybridized carbons (Fsp3) is 0. The first-order valence-electron chi connectivity index (χ1n) is 2.80. The highest BCUT2D eigenvalue weighted by Gasteiger charge is 1.95. The maximum Gasteiger partial charge on any atom is 0.0646 e. The van der Waals surface area contributed by atoms with Crippen LogP contribution in [0.1, 0.15) is 0 Å². The molecule has 0 aliphatic carbocycles. The van der Waals surface area contributed by atoms with E-state index in [2.05, 4.69) is 4.72 Å². The number of halogens is 1. The van der Waals surface area contributed by atoms with E-state index in [0.717, 1.165) is 0 Å². The van der Waals surface area contributed by atoms with Crippen molar-refractivity contribution in [1.29, 1.82) is 0 Å². The molecule has 0 aromatic heterocycles. The van der Waals surface area contributed by atoms with Crippen LogP contribution in [-0.4, -0.2) is 8.76 Å². The second-order valence-electron chi connectivity index (χ2n) is 1.82. The van der Waals surface area contributed by atoms with Gasteiger partial charge in [0.05, 0.1) is 10.7 Å². The number of rotatable bonds is 2. The fourth-order valence-electron chi connectivity index (χ4n) is 0.634. The highest BCUT2D eigenvalue weighted by molar-refractivity contribution is 7.80. The molecule has 0 amide bonds. The van der Waals surface area contributed by atoms with Gasteiger partial charge in [-0.15, -0.1) is 0 Å². The van der Waals surface area contributed by atoms with Crippen molar-refractivity contribution in [1.82, 2.24) is 0 Å². The average molecular weight is 191 g/mol. The summed E-state index contributed by atoms with van der Waals surface area (Å²) in [5.74, 6) is 0. The predicted molar refractivity (Wildman–Crippen MR) is 44.0 cm³/mol. The van der Waals surface area contributed by atoms with Crippen molar-refractivity contribution < 1.29 is 8.76 Å². The van der Waals surface area contributed by atoms with Gasteiger partial charge in [0.1, 0.15) is 0 Å². The summed E-state index contributed by atoms with van der Waals surface area (Å²) in [5, 5.41) is 0.386. The van der Waals surface area contributed by atoms with Gasteiger partial charge in [0.25, 0.3) is 0 Å². The van der Waals surface area contributed by atoms with E-state index in [1.54, 1.807) is 24.3 Å². The lowest BCUT2D eigenvalue weighted by Crippen LogP contribution is -2.02. The summed E-state index contributed by atoms with van der Waals surface area (Å²) >= 11 is 3.32. The molecule has 3 nitrogen and oxygen atoms in total. The summed E-state index contributed by atoms with van der Waals surface area (Å²) < 4.78 is 22.5. The first-order chi connectivity index (χ1) is 5.20. The standard InChI is InChI=1S/C6H6ClNO2S/c7-5-3-1-2-4-6(5)8-11(9)10/h1-4,8H,(H,9,10)/p-1. The van der Waals surface area contributed by atoms with Crippen molar-refractivity contribution in [3.8, 4) is 0 Å². The van der Waals surface area contributed by atoms with Crippen LogP contribution in [0.4, 0.5) is 5.69 Å². The van der Waals surface area contributed by atoms with Crippen LogP contribution >= 0.6 is 11.6 Å². The third-order valence-corrected chi connectivity index (χ3v) is 1.78. The lowest BCUT2D eigenvalue weighted by molar-refractivity contribution is 0.542. The zero-order chi connectivity index (χ0) is 8.27. The van der Waals surface area contributed by atoms with E-state index < -0.39 is 11.3 Å². The quantitative estimate of drug-likeness (QED) is 0.720. The van der Waals surface area contributed by atoms with Crippen LogP contribution in [0.2, 0.25) is 5.02 Å². The minimum atomic E-state index is -2.31. The molecule has 0 saturated heterocycles. The molecule has 0 heterocycles. The van der Waals surface area contributed by atoms with Gasteiger partial charge in [0.15, 0.2) is 0 Å². The van der Waals surface area contributed by atoms with E-state index >= 15 is 0 Å². The zero-order valence-corrected chi connectivity index (χ0v) is 6.98. The molecular formula is C6H5ClNO2S-. The van der Waals surface area contributed by atoms with Crippen LogP contribution in [0.3, 0.4) is 0 Å². The summed E-state index contributed by atoms with van der Waals surface area (Å²) in [6.45, 7) is 0. The number of nitrogens with one attached hydrogen (secondary N) is 1. The van der Waals surface area contributed by atoms with Crippen LogP contribution < -0.4 is 4.72 Å². The first-order valence-corrected chi connectivity index (χ1v) is 4.26. The predicted octanol–water partition coefficient (Wildman–Crippen LogP) is 1.55. The normalized spacial score (nSPS) is 12.5. The van der Waals surface area contributed by atoms with Gasteiger partial charge in [-0.05, 0) is 12.1 Å². The molecule has 1 N–H and O–H groups in total. The zero-order valence-electron chi connectivity index (χ0n) is 5.41. The van der Waals surface area contributed by atoms with E-state index in [0.29, 0.717) is 10.7 Å². The number of benzene rings is 1. The molecule has 1 aromatic rings. The molecule has 1 atom stereocenters.